The first kappa shape index (κ1) is 15.7. The van der Waals surface area contributed by atoms with Crippen LogP contribution in [0.1, 0.15) is 29.4 Å². The quantitative estimate of drug-likeness (QED) is 0.825. The van der Waals surface area contributed by atoms with Crippen molar-refractivity contribution in [1.29, 1.82) is 0 Å². The van der Waals surface area contributed by atoms with E-state index in [1.165, 1.54) is 18.2 Å². The Hall–Kier alpha value is -1.65. The highest BCUT2D eigenvalue weighted by atomic mass is 35.5. The van der Waals surface area contributed by atoms with E-state index in [0.29, 0.717) is 12.0 Å². The molecule has 1 aromatic carbocycles. The van der Waals surface area contributed by atoms with Gasteiger partial charge in [-0.15, -0.1) is 0 Å². The minimum atomic E-state index is -0.665. The summed E-state index contributed by atoms with van der Waals surface area (Å²) in [4.78, 5) is 16.3. The first-order chi connectivity index (χ1) is 10.0. The van der Waals surface area contributed by atoms with E-state index in [1.54, 1.807) is 12.1 Å². The normalized spacial score (nSPS) is 10.5. The van der Waals surface area contributed by atoms with Gasteiger partial charge in [-0.2, -0.15) is 0 Å². The lowest BCUT2D eigenvalue weighted by Crippen LogP contribution is -2.14. The molecule has 0 aliphatic carbocycles. The maximum Gasteiger partial charge on any atom is 0.255 e. The van der Waals surface area contributed by atoms with E-state index in [-0.39, 0.29) is 15.9 Å². The molecule has 0 fully saturated rings. The molecular weight excluding hydrogens is 314 g/mol. The molecule has 21 heavy (non-hydrogen) atoms. The lowest BCUT2D eigenvalue weighted by Gasteiger charge is -2.08. The Morgan fingerprint density at radius 2 is 2.10 bits per heavy atom. The molecule has 2 rings (SSSR count). The van der Waals surface area contributed by atoms with Crippen LogP contribution < -0.4 is 5.32 Å². The lowest BCUT2D eigenvalue weighted by atomic mass is 10.1. The summed E-state index contributed by atoms with van der Waals surface area (Å²) in [6.07, 6.45) is 1.60. The fourth-order valence-electron chi connectivity index (χ4n) is 1.86. The molecule has 110 valence electrons. The molecule has 0 saturated heterocycles. The van der Waals surface area contributed by atoms with Crippen LogP contribution in [0.2, 0.25) is 10.2 Å². The largest absolute Gasteiger partial charge is 0.319 e. The van der Waals surface area contributed by atoms with Crippen molar-refractivity contribution in [2.24, 2.45) is 0 Å². The van der Waals surface area contributed by atoms with Gasteiger partial charge in [0.15, 0.2) is 5.82 Å². The van der Waals surface area contributed by atoms with Crippen LogP contribution in [0, 0.1) is 5.82 Å². The molecule has 0 radical (unpaired) electrons. The second kappa shape index (κ2) is 6.87. The summed E-state index contributed by atoms with van der Waals surface area (Å²) in [5, 5.41) is 2.66. The average Bonchev–Trinajstić information content (AvgIpc) is 2.43. The first-order valence-electron chi connectivity index (χ1n) is 6.43. The average molecular weight is 327 g/mol. The second-order valence-corrected chi connectivity index (χ2v) is 5.27. The van der Waals surface area contributed by atoms with E-state index in [1.807, 2.05) is 6.92 Å². The van der Waals surface area contributed by atoms with Crippen LogP contribution in [0.3, 0.4) is 0 Å². The third kappa shape index (κ3) is 3.93. The zero-order chi connectivity index (χ0) is 15.4. The number of aromatic nitrogens is 1. The summed E-state index contributed by atoms with van der Waals surface area (Å²) in [5.74, 6) is -1.13. The number of nitrogens with one attached hydrogen (secondary N) is 1. The number of benzene rings is 1. The van der Waals surface area contributed by atoms with Crippen LogP contribution in [-0.2, 0) is 6.42 Å². The van der Waals surface area contributed by atoms with Gasteiger partial charge in [0.25, 0.3) is 5.91 Å². The predicted molar refractivity (Wildman–Crippen MR) is 82.6 cm³/mol. The van der Waals surface area contributed by atoms with Gasteiger partial charge in [0.1, 0.15) is 5.15 Å². The molecule has 1 N–H and O–H groups in total. The molecule has 0 aliphatic heterocycles. The van der Waals surface area contributed by atoms with Crippen molar-refractivity contribution < 1.29 is 9.18 Å². The third-order valence-corrected chi connectivity index (χ3v) is 3.30. The summed E-state index contributed by atoms with van der Waals surface area (Å²) in [5.41, 5.74) is 1.08. The Labute approximate surface area is 132 Å². The molecule has 1 aromatic heterocycles. The van der Waals surface area contributed by atoms with E-state index < -0.39 is 11.7 Å². The van der Waals surface area contributed by atoms with E-state index in [9.17, 15) is 9.18 Å². The number of halogens is 3. The summed E-state index contributed by atoms with van der Waals surface area (Å²) < 4.78 is 13.8. The van der Waals surface area contributed by atoms with Gasteiger partial charge in [0.05, 0.1) is 10.7 Å². The number of carbonyl (C=O) groups is 1. The van der Waals surface area contributed by atoms with Crippen LogP contribution in [0.15, 0.2) is 30.3 Å². The van der Waals surface area contributed by atoms with Crippen molar-refractivity contribution >= 4 is 34.8 Å². The molecule has 1 amide bonds. The molecule has 0 unspecified atom stereocenters. The van der Waals surface area contributed by atoms with Crippen molar-refractivity contribution in [2.45, 2.75) is 19.8 Å². The Kier molecular flexibility index (Phi) is 5.15. The highest BCUT2D eigenvalue weighted by molar-refractivity contribution is 6.31. The molecule has 0 saturated carbocycles. The SMILES string of the molecule is CCCc1cc(C(=O)Nc2cccc(Cl)c2F)cc(Cl)n1. The van der Waals surface area contributed by atoms with Crippen molar-refractivity contribution in [1.82, 2.24) is 4.98 Å². The minimum Gasteiger partial charge on any atom is -0.319 e. The minimum absolute atomic E-state index is 0.0254. The molecule has 1 heterocycles. The number of hydrogen-bond donors (Lipinski definition) is 1. The molecule has 0 spiro atoms. The number of carbonyl (C=O) groups excluding carboxylic acids is 1. The van der Waals surface area contributed by atoms with Gasteiger partial charge in [-0.1, -0.05) is 42.6 Å². The van der Waals surface area contributed by atoms with E-state index in [2.05, 4.69) is 10.3 Å². The lowest BCUT2D eigenvalue weighted by molar-refractivity contribution is 0.102. The molecule has 0 atom stereocenters. The number of aryl methyl sites for hydroxylation is 1. The maximum absolute atomic E-state index is 13.8. The van der Waals surface area contributed by atoms with Crippen LogP contribution >= 0.6 is 23.2 Å². The smallest absolute Gasteiger partial charge is 0.255 e. The van der Waals surface area contributed by atoms with Crippen molar-refractivity contribution in [3.63, 3.8) is 0 Å². The van der Waals surface area contributed by atoms with Crippen LogP contribution in [0.5, 0.6) is 0 Å². The van der Waals surface area contributed by atoms with Crippen LogP contribution in [-0.4, -0.2) is 10.9 Å². The van der Waals surface area contributed by atoms with Gasteiger partial charge < -0.3 is 5.32 Å². The van der Waals surface area contributed by atoms with E-state index in [4.69, 9.17) is 23.2 Å². The zero-order valence-corrected chi connectivity index (χ0v) is 12.8. The van der Waals surface area contributed by atoms with Crippen molar-refractivity contribution in [3.8, 4) is 0 Å². The van der Waals surface area contributed by atoms with Gasteiger partial charge in [-0.05, 0) is 30.7 Å². The Bertz CT molecular complexity index is 677. The van der Waals surface area contributed by atoms with Gasteiger partial charge in [-0.25, -0.2) is 9.37 Å². The molecular formula is C15H13Cl2FN2O. The van der Waals surface area contributed by atoms with Gasteiger partial charge >= 0.3 is 0 Å². The second-order valence-electron chi connectivity index (χ2n) is 4.48. The predicted octanol–water partition coefficient (Wildman–Crippen LogP) is 4.73. The highest BCUT2D eigenvalue weighted by Crippen LogP contribution is 2.23. The number of anilines is 1. The topological polar surface area (TPSA) is 42.0 Å². The Balaban J connectivity index is 2.26. The van der Waals surface area contributed by atoms with E-state index >= 15 is 0 Å². The third-order valence-electron chi connectivity index (χ3n) is 2.82. The van der Waals surface area contributed by atoms with Crippen molar-refractivity contribution in [2.75, 3.05) is 5.32 Å². The first-order valence-corrected chi connectivity index (χ1v) is 7.18. The monoisotopic (exact) mass is 326 g/mol. The van der Waals surface area contributed by atoms with Crippen LogP contribution in [0.25, 0.3) is 0 Å². The molecule has 0 bridgehead atoms. The van der Waals surface area contributed by atoms with Crippen molar-refractivity contribution in [3.05, 3.63) is 57.6 Å². The Morgan fingerprint density at radius 1 is 1.33 bits per heavy atom. The summed E-state index contributed by atoms with van der Waals surface area (Å²) in [6.45, 7) is 2.00. The molecule has 3 nitrogen and oxygen atoms in total. The number of hydrogen-bond acceptors (Lipinski definition) is 2. The maximum atomic E-state index is 13.8. The fourth-order valence-corrected chi connectivity index (χ4v) is 2.26. The van der Waals surface area contributed by atoms with E-state index in [0.717, 1.165) is 12.1 Å². The number of nitrogens with zero attached hydrogens (tertiary/aromatic N) is 1. The molecule has 0 aliphatic rings. The summed E-state index contributed by atoms with van der Waals surface area (Å²) in [6, 6.07) is 7.50. The Morgan fingerprint density at radius 3 is 2.81 bits per heavy atom. The number of rotatable bonds is 4. The standard InChI is InChI=1S/C15H13Cl2FN2O/c1-2-4-10-7-9(8-13(17)19-10)15(21)20-12-6-3-5-11(16)14(12)18/h3,5-8H,2,4H2,1H3,(H,20,21). The highest BCUT2D eigenvalue weighted by Gasteiger charge is 2.13. The molecule has 2 aromatic rings. The van der Waals surface area contributed by atoms with Gasteiger partial charge in [0, 0.05) is 11.3 Å². The van der Waals surface area contributed by atoms with Gasteiger partial charge in [0.2, 0.25) is 0 Å². The summed E-state index contributed by atoms with van der Waals surface area (Å²) in [7, 11) is 0. The summed E-state index contributed by atoms with van der Waals surface area (Å²) >= 11 is 11.6. The zero-order valence-electron chi connectivity index (χ0n) is 11.3. The molecule has 6 heteroatoms. The van der Waals surface area contributed by atoms with Gasteiger partial charge in [-0.3, -0.25) is 4.79 Å². The number of amides is 1. The fraction of sp³-hybridized carbons (Fsp3) is 0.200. The number of pyridine rings is 1. The van der Waals surface area contributed by atoms with Crippen LogP contribution in [0.4, 0.5) is 10.1 Å².